The molecule has 0 saturated heterocycles. The summed E-state index contributed by atoms with van der Waals surface area (Å²) >= 11 is 0. The largest absolute Gasteiger partial charge is 0.386 e. The van der Waals surface area contributed by atoms with Crippen LogP contribution < -0.4 is 0 Å². The number of hydrogen-bond donors (Lipinski definition) is 2. The lowest BCUT2D eigenvalue weighted by molar-refractivity contribution is -0.209. The molecule has 0 aromatic carbocycles. The molecule has 0 aromatic rings. The highest BCUT2D eigenvalue weighted by molar-refractivity contribution is 5.29. The third-order valence-corrected chi connectivity index (χ3v) is 7.58. The Hall–Kier alpha value is -0.600. The van der Waals surface area contributed by atoms with Gasteiger partial charge in [-0.3, -0.25) is 0 Å². The minimum Gasteiger partial charge on any atom is -0.386 e. The smallest absolute Gasteiger partial charge is 0.101 e. The number of rotatable bonds is 9. The first-order chi connectivity index (χ1) is 10.7. The van der Waals surface area contributed by atoms with E-state index in [1.165, 1.54) is 12.8 Å². The highest BCUT2D eigenvalue weighted by Crippen LogP contribution is 2.74. The fourth-order valence-electron chi connectivity index (χ4n) is 5.89. The first kappa shape index (κ1) is 18.7. The van der Waals surface area contributed by atoms with Gasteiger partial charge in [-0.1, -0.05) is 52.2 Å². The Labute approximate surface area is 142 Å². The Morgan fingerprint density at radius 2 is 1.65 bits per heavy atom. The molecule has 2 rings (SSSR count). The highest BCUT2D eigenvalue weighted by Gasteiger charge is 2.78. The van der Waals surface area contributed by atoms with E-state index < -0.39 is 11.2 Å². The van der Waals surface area contributed by atoms with Crippen molar-refractivity contribution in [2.24, 2.45) is 16.7 Å². The summed E-state index contributed by atoms with van der Waals surface area (Å²) in [6.45, 7) is 14.3. The van der Waals surface area contributed by atoms with E-state index in [9.17, 15) is 10.2 Å². The second-order valence-electron chi connectivity index (χ2n) is 8.66. The maximum atomic E-state index is 11.7. The molecule has 4 atom stereocenters. The molecular weight excluding hydrogens is 284 g/mol. The van der Waals surface area contributed by atoms with Crippen molar-refractivity contribution in [3.8, 4) is 0 Å². The van der Waals surface area contributed by atoms with Gasteiger partial charge in [-0.2, -0.15) is 0 Å². The van der Waals surface area contributed by atoms with Crippen molar-refractivity contribution in [3.63, 3.8) is 0 Å². The maximum Gasteiger partial charge on any atom is 0.101 e. The molecule has 2 heteroatoms. The summed E-state index contributed by atoms with van der Waals surface area (Å²) in [6.07, 6.45) is 12.5. The van der Waals surface area contributed by atoms with Gasteiger partial charge in [-0.05, 0) is 49.9 Å². The van der Waals surface area contributed by atoms with Crippen LogP contribution in [0, 0.1) is 16.7 Å². The summed E-state index contributed by atoms with van der Waals surface area (Å²) in [7, 11) is 0. The van der Waals surface area contributed by atoms with Gasteiger partial charge in [0.2, 0.25) is 0 Å². The Bertz CT molecular complexity index is 455. The minimum atomic E-state index is -1.02. The quantitative estimate of drug-likeness (QED) is 0.463. The van der Waals surface area contributed by atoms with Gasteiger partial charge in [-0.15, -0.1) is 13.2 Å². The zero-order valence-electron chi connectivity index (χ0n) is 15.4. The van der Waals surface area contributed by atoms with E-state index in [1.807, 2.05) is 6.08 Å². The van der Waals surface area contributed by atoms with Crippen LogP contribution in [0.25, 0.3) is 0 Å². The van der Waals surface area contributed by atoms with Gasteiger partial charge in [-0.25, -0.2) is 0 Å². The number of aliphatic hydroxyl groups is 2. The molecule has 0 unspecified atom stereocenters. The van der Waals surface area contributed by atoms with Crippen LogP contribution in [-0.4, -0.2) is 21.4 Å². The van der Waals surface area contributed by atoms with Gasteiger partial charge in [0.15, 0.2) is 0 Å². The Morgan fingerprint density at radius 3 is 2.26 bits per heavy atom. The second kappa shape index (κ2) is 6.37. The number of unbranched alkanes of at least 4 members (excludes halogenated alkanes) is 4. The van der Waals surface area contributed by atoms with Crippen molar-refractivity contribution in [2.45, 2.75) is 89.8 Å². The van der Waals surface area contributed by atoms with Crippen molar-refractivity contribution >= 4 is 0 Å². The topological polar surface area (TPSA) is 40.5 Å². The number of hydrogen-bond acceptors (Lipinski definition) is 2. The van der Waals surface area contributed by atoms with Crippen molar-refractivity contribution in [2.75, 3.05) is 0 Å². The van der Waals surface area contributed by atoms with Gasteiger partial charge < -0.3 is 10.2 Å². The molecule has 0 aliphatic heterocycles. The standard InChI is InChI=1S/C21H36O2/c1-6-8-9-10-11-12-15-21(23)19(5)16-13-17(18(19,3)4)20(21,22)14-7-2/h6-7,17,22-23H,1-2,8-16H2,3-5H3/t17-,19-,20-,21+/m0/s1. The number of fused-ring (bicyclic) bond motifs is 2. The van der Waals surface area contributed by atoms with Gasteiger partial charge in [0, 0.05) is 5.41 Å². The molecule has 0 spiro atoms. The molecule has 2 aliphatic carbocycles. The molecule has 132 valence electrons. The molecule has 0 heterocycles. The third-order valence-electron chi connectivity index (χ3n) is 7.58. The molecule has 2 N–H and O–H groups in total. The monoisotopic (exact) mass is 320 g/mol. The van der Waals surface area contributed by atoms with E-state index in [4.69, 9.17) is 0 Å². The predicted octanol–water partition coefficient (Wildman–Crippen LogP) is 5.01. The molecule has 2 bridgehead atoms. The molecule has 2 fully saturated rings. The van der Waals surface area contributed by atoms with Crippen molar-refractivity contribution in [3.05, 3.63) is 25.3 Å². The molecular formula is C21H36O2. The summed E-state index contributed by atoms with van der Waals surface area (Å²) in [4.78, 5) is 0. The van der Waals surface area contributed by atoms with Gasteiger partial charge in [0.25, 0.3) is 0 Å². The van der Waals surface area contributed by atoms with Gasteiger partial charge in [0.1, 0.15) is 5.60 Å². The summed E-state index contributed by atoms with van der Waals surface area (Å²) in [5, 5.41) is 23.2. The van der Waals surface area contributed by atoms with E-state index in [-0.39, 0.29) is 16.7 Å². The van der Waals surface area contributed by atoms with Gasteiger partial charge >= 0.3 is 0 Å². The Morgan fingerprint density at radius 1 is 1.00 bits per heavy atom. The summed E-state index contributed by atoms with van der Waals surface area (Å²) in [6, 6.07) is 0. The fourth-order valence-corrected chi connectivity index (χ4v) is 5.89. The van der Waals surface area contributed by atoms with Crippen LogP contribution in [-0.2, 0) is 0 Å². The van der Waals surface area contributed by atoms with E-state index in [0.717, 1.165) is 32.1 Å². The normalized spacial score (nSPS) is 41.2. The first-order valence-electron chi connectivity index (χ1n) is 9.38. The van der Waals surface area contributed by atoms with E-state index in [0.29, 0.717) is 12.8 Å². The van der Waals surface area contributed by atoms with Crippen molar-refractivity contribution < 1.29 is 10.2 Å². The molecule has 0 radical (unpaired) electrons. The summed E-state index contributed by atoms with van der Waals surface area (Å²) in [5.41, 5.74) is -2.28. The van der Waals surface area contributed by atoms with E-state index >= 15 is 0 Å². The van der Waals surface area contributed by atoms with Crippen molar-refractivity contribution in [1.82, 2.24) is 0 Å². The van der Waals surface area contributed by atoms with Crippen LogP contribution in [0.5, 0.6) is 0 Å². The predicted molar refractivity (Wildman–Crippen MR) is 97.2 cm³/mol. The minimum absolute atomic E-state index is 0.0393. The highest BCUT2D eigenvalue weighted by atomic mass is 16.4. The SMILES string of the molecule is C=CCCCCCC[C@@]1(O)[C@@]2(C)CC[C@@H](C2(C)C)[C@@]1(O)CC=C. The van der Waals surface area contributed by atoms with E-state index in [1.54, 1.807) is 6.08 Å². The average molecular weight is 321 g/mol. The molecule has 2 aliphatic rings. The average Bonchev–Trinajstić information content (AvgIpc) is 2.77. The van der Waals surface area contributed by atoms with Crippen molar-refractivity contribution in [1.29, 1.82) is 0 Å². The molecule has 2 nitrogen and oxygen atoms in total. The summed E-state index contributed by atoms with van der Waals surface area (Å²) in [5.74, 6) is 0.156. The number of allylic oxidation sites excluding steroid dienone is 1. The summed E-state index contributed by atoms with van der Waals surface area (Å²) < 4.78 is 0. The molecule has 0 amide bonds. The maximum absolute atomic E-state index is 11.7. The first-order valence-corrected chi connectivity index (χ1v) is 9.38. The van der Waals surface area contributed by atoms with Crippen LogP contribution in [0.4, 0.5) is 0 Å². The van der Waals surface area contributed by atoms with Crippen LogP contribution in [0.2, 0.25) is 0 Å². The second-order valence-corrected chi connectivity index (χ2v) is 8.66. The van der Waals surface area contributed by atoms with E-state index in [2.05, 4.69) is 33.9 Å². The van der Waals surface area contributed by atoms with Crippen LogP contribution in [0.3, 0.4) is 0 Å². The Kier molecular flexibility index (Phi) is 5.19. The lowest BCUT2D eigenvalue weighted by Gasteiger charge is -2.51. The lowest BCUT2D eigenvalue weighted by atomic mass is 9.60. The van der Waals surface area contributed by atoms with Crippen LogP contribution in [0.15, 0.2) is 25.3 Å². The molecule has 2 saturated carbocycles. The molecule has 23 heavy (non-hydrogen) atoms. The third kappa shape index (κ3) is 2.44. The zero-order chi connectivity index (χ0) is 17.4. The fraction of sp³-hybridized carbons (Fsp3) is 0.810. The zero-order valence-corrected chi connectivity index (χ0v) is 15.4. The lowest BCUT2D eigenvalue weighted by Crippen LogP contribution is -2.61. The molecule has 0 aromatic heterocycles. The van der Waals surface area contributed by atoms with Gasteiger partial charge in [0.05, 0.1) is 5.60 Å². The van der Waals surface area contributed by atoms with Crippen LogP contribution >= 0.6 is 0 Å². The Balaban J connectivity index is 2.16. The van der Waals surface area contributed by atoms with Crippen LogP contribution in [0.1, 0.15) is 78.6 Å².